The van der Waals surface area contributed by atoms with Gasteiger partial charge in [0.2, 0.25) is 17.7 Å². The monoisotopic (exact) mass is 505 g/mol. The van der Waals surface area contributed by atoms with Crippen LogP contribution in [0.4, 0.5) is 5.69 Å². The Hall–Kier alpha value is -3.23. The van der Waals surface area contributed by atoms with Gasteiger partial charge in [-0.3, -0.25) is 14.4 Å². The molecule has 0 saturated carbocycles. The summed E-state index contributed by atoms with van der Waals surface area (Å²) >= 11 is 0. The first kappa shape index (κ1) is 25.4. The highest BCUT2D eigenvalue weighted by Gasteiger charge is 2.77. The Morgan fingerprint density at radius 1 is 1.00 bits per heavy atom. The zero-order chi connectivity index (χ0) is 26.0. The summed E-state index contributed by atoms with van der Waals surface area (Å²) in [6, 6.07) is 18.0. The van der Waals surface area contributed by atoms with E-state index in [0.717, 1.165) is 12.0 Å². The van der Waals surface area contributed by atoms with Crippen LogP contribution < -0.4 is 10.6 Å². The average molecular weight is 506 g/mol. The lowest BCUT2D eigenvalue weighted by Crippen LogP contribution is -2.55. The van der Waals surface area contributed by atoms with Crippen molar-refractivity contribution in [1.82, 2.24) is 10.2 Å². The molecule has 8 nitrogen and oxygen atoms in total. The number of para-hydroxylation sites is 1. The van der Waals surface area contributed by atoms with E-state index in [0.29, 0.717) is 44.5 Å². The number of hydrogen-bond acceptors (Lipinski definition) is 5. The summed E-state index contributed by atoms with van der Waals surface area (Å²) in [6.07, 6.45) is 3.19. The molecule has 196 valence electrons. The van der Waals surface area contributed by atoms with Crippen molar-refractivity contribution in [3.63, 3.8) is 0 Å². The molecule has 2 unspecified atom stereocenters. The van der Waals surface area contributed by atoms with Crippen LogP contribution in [0.1, 0.15) is 44.6 Å². The van der Waals surface area contributed by atoms with E-state index in [9.17, 15) is 19.5 Å². The highest BCUT2D eigenvalue weighted by molar-refractivity contribution is 6.02. The molecule has 5 atom stereocenters. The van der Waals surface area contributed by atoms with Crippen molar-refractivity contribution in [2.75, 3.05) is 18.5 Å². The van der Waals surface area contributed by atoms with Crippen LogP contribution in [0.5, 0.6) is 0 Å². The molecule has 3 amide bonds. The third kappa shape index (κ3) is 4.53. The molecular formula is C29H35N3O5. The molecule has 2 aromatic carbocycles. The van der Waals surface area contributed by atoms with Crippen molar-refractivity contribution in [1.29, 1.82) is 0 Å². The number of unbranched alkanes of at least 4 members (excludes halogenated alkanes) is 2. The highest BCUT2D eigenvalue weighted by atomic mass is 16.5. The number of fused-ring (bicyclic) bond motifs is 1. The summed E-state index contributed by atoms with van der Waals surface area (Å²) in [5, 5.41) is 15.2. The number of aliphatic hydroxyl groups is 1. The molecule has 5 rings (SSSR count). The molecular weight excluding hydrogens is 470 g/mol. The van der Waals surface area contributed by atoms with E-state index in [4.69, 9.17) is 4.74 Å². The van der Waals surface area contributed by atoms with E-state index in [1.165, 1.54) is 0 Å². The Kier molecular flexibility index (Phi) is 7.05. The van der Waals surface area contributed by atoms with Gasteiger partial charge in [-0.05, 0) is 56.7 Å². The fourth-order valence-electron chi connectivity index (χ4n) is 6.56. The summed E-state index contributed by atoms with van der Waals surface area (Å²) in [5.74, 6) is -2.11. The van der Waals surface area contributed by atoms with Crippen LogP contribution in [-0.4, -0.2) is 58.1 Å². The minimum absolute atomic E-state index is 0.0880. The maximum absolute atomic E-state index is 14.0. The van der Waals surface area contributed by atoms with Crippen molar-refractivity contribution in [2.45, 2.75) is 62.8 Å². The average Bonchev–Trinajstić information content (AvgIpc) is 3.47. The Balaban J connectivity index is 1.43. The van der Waals surface area contributed by atoms with Crippen molar-refractivity contribution < 1.29 is 24.2 Å². The van der Waals surface area contributed by atoms with Gasteiger partial charge in [-0.25, -0.2) is 0 Å². The van der Waals surface area contributed by atoms with Gasteiger partial charge in [0, 0.05) is 25.4 Å². The lowest BCUT2D eigenvalue weighted by molar-refractivity contribution is -0.145. The van der Waals surface area contributed by atoms with E-state index >= 15 is 0 Å². The second-order valence-electron chi connectivity index (χ2n) is 10.6. The van der Waals surface area contributed by atoms with Crippen LogP contribution >= 0.6 is 0 Å². The molecule has 3 N–H and O–H groups in total. The summed E-state index contributed by atoms with van der Waals surface area (Å²) in [4.78, 5) is 42.9. The number of nitrogens with zero attached hydrogens (tertiary/aromatic N) is 1. The fraction of sp³-hybridized carbons (Fsp3) is 0.483. The smallest absolute Gasteiger partial charge is 0.246 e. The Labute approximate surface area is 217 Å². The number of aliphatic hydroxyl groups excluding tert-OH is 1. The number of benzene rings is 2. The third-order valence-electron chi connectivity index (χ3n) is 8.22. The standard InChI is InChI=1S/C29H35N3O5/c1-28-15-16-29(37-28)23(22(28)25(34)31-21-13-7-3-8-14-21)27(36)32(17-9-4-10-18-33)24(29)26(35)30-19-20-11-5-2-6-12-20/h2-3,5-8,11-14,22-24,33H,4,9-10,15-19H2,1H3,(H,30,35)(H,31,34)/t22-,23-,24?,28+,29?/m0/s1. The molecule has 8 heteroatoms. The number of carbonyl (C=O) groups excluding carboxylic acids is 3. The van der Waals surface area contributed by atoms with Crippen LogP contribution in [0.2, 0.25) is 0 Å². The van der Waals surface area contributed by atoms with E-state index in [-0.39, 0.29) is 24.3 Å². The molecule has 3 aliphatic heterocycles. The van der Waals surface area contributed by atoms with Crippen molar-refractivity contribution in [3.05, 3.63) is 66.2 Å². The van der Waals surface area contributed by atoms with Gasteiger partial charge in [0.15, 0.2) is 0 Å². The lowest BCUT2D eigenvalue weighted by atomic mass is 9.66. The van der Waals surface area contributed by atoms with Crippen molar-refractivity contribution in [2.24, 2.45) is 11.8 Å². The number of likely N-dealkylation sites (tertiary alicyclic amines) is 1. The normalized spacial score (nSPS) is 29.8. The van der Waals surface area contributed by atoms with Crippen molar-refractivity contribution in [3.8, 4) is 0 Å². The number of carbonyl (C=O) groups is 3. The first-order valence-corrected chi connectivity index (χ1v) is 13.2. The Morgan fingerprint density at radius 2 is 1.70 bits per heavy atom. The summed E-state index contributed by atoms with van der Waals surface area (Å²) in [5.41, 5.74) is -0.230. The minimum atomic E-state index is -1.04. The fourth-order valence-corrected chi connectivity index (χ4v) is 6.56. The largest absolute Gasteiger partial charge is 0.396 e. The molecule has 3 aliphatic rings. The van der Waals surface area contributed by atoms with Crippen LogP contribution in [0.25, 0.3) is 0 Å². The first-order valence-electron chi connectivity index (χ1n) is 13.2. The van der Waals surface area contributed by atoms with Crippen LogP contribution in [-0.2, 0) is 25.7 Å². The summed E-state index contributed by atoms with van der Waals surface area (Å²) in [6.45, 7) is 2.71. The Morgan fingerprint density at radius 3 is 2.41 bits per heavy atom. The zero-order valence-corrected chi connectivity index (χ0v) is 21.2. The molecule has 2 bridgehead atoms. The number of anilines is 1. The third-order valence-corrected chi connectivity index (χ3v) is 8.22. The predicted molar refractivity (Wildman–Crippen MR) is 138 cm³/mol. The molecule has 37 heavy (non-hydrogen) atoms. The summed E-state index contributed by atoms with van der Waals surface area (Å²) in [7, 11) is 0. The van der Waals surface area contributed by atoms with Gasteiger partial charge in [0.25, 0.3) is 0 Å². The van der Waals surface area contributed by atoms with Gasteiger partial charge in [-0.1, -0.05) is 48.5 Å². The van der Waals surface area contributed by atoms with Gasteiger partial charge < -0.3 is 25.4 Å². The van der Waals surface area contributed by atoms with E-state index in [1.54, 1.807) is 4.90 Å². The molecule has 2 aromatic rings. The maximum Gasteiger partial charge on any atom is 0.246 e. The van der Waals surface area contributed by atoms with E-state index in [2.05, 4.69) is 10.6 Å². The van der Waals surface area contributed by atoms with E-state index < -0.39 is 29.1 Å². The predicted octanol–water partition coefficient (Wildman–Crippen LogP) is 2.87. The molecule has 0 radical (unpaired) electrons. The first-order chi connectivity index (χ1) is 17.9. The number of rotatable bonds is 10. The molecule has 3 saturated heterocycles. The SMILES string of the molecule is C[C@]12CCC3(O1)C(C(=O)NCc1ccccc1)N(CCCCCO)C(=O)[C@@H]3[C@H]2C(=O)Nc1ccccc1. The van der Waals surface area contributed by atoms with Gasteiger partial charge >= 0.3 is 0 Å². The second-order valence-corrected chi connectivity index (χ2v) is 10.6. The van der Waals surface area contributed by atoms with Crippen LogP contribution in [0, 0.1) is 11.8 Å². The van der Waals surface area contributed by atoms with Gasteiger partial charge in [0.05, 0.1) is 17.4 Å². The van der Waals surface area contributed by atoms with Gasteiger partial charge in [-0.15, -0.1) is 0 Å². The van der Waals surface area contributed by atoms with Crippen LogP contribution in [0.15, 0.2) is 60.7 Å². The maximum atomic E-state index is 14.0. The summed E-state index contributed by atoms with van der Waals surface area (Å²) < 4.78 is 6.63. The lowest BCUT2D eigenvalue weighted by Gasteiger charge is -2.33. The number of amides is 3. The van der Waals surface area contributed by atoms with Crippen LogP contribution in [0.3, 0.4) is 0 Å². The minimum Gasteiger partial charge on any atom is -0.396 e. The van der Waals surface area contributed by atoms with Crippen molar-refractivity contribution >= 4 is 23.4 Å². The van der Waals surface area contributed by atoms with Gasteiger partial charge in [-0.2, -0.15) is 0 Å². The van der Waals surface area contributed by atoms with E-state index in [1.807, 2.05) is 67.6 Å². The quantitative estimate of drug-likeness (QED) is 0.431. The highest BCUT2D eigenvalue weighted by Crippen LogP contribution is 2.63. The molecule has 3 fully saturated rings. The Bertz CT molecular complexity index is 1140. The number of hydrogen-bond donors (Lipinski definition) is 3. The number of ether oxygens (including phenoxy) is 1. The number of nitrogens with one attached hydrogen (secondary N) is 2. The molecule has 3 heterocycles. The molecule has 0 aliphatic carbocycles. The zero-order valence-electron chi connectivity index (χ0n) is 21.2. The molecule has 1 spiro atoms. The molecule has 0 aromatic heterocycles. The van der Waals surface area contributed by atoms with Gasteiger partial charge in [0.1, 0.15) is 11.6 Å². The second kappa shape index (κ2) is 10.3. The topological polar surface area (TPSA) is 108 Å².